The summed E-state index contributed by atoms with van der Waals surface area (Å²) in [7, 11) is 0. The first-order chi connectivity index (χ1) is 14.4. The quantitative estimate of drug-likeness (QED) is 0.619. The molecule has 0 bridgehead atoms. The van der Waals surface area contributed by atoms with Gasteiger partial charge in [0.15, 0.2) is 5.82 Å². The van der Waals surface area contributed by atoms with E-state index in [9.17, 15) is 10.1 Å². The van der Waals surface area contributed by atoms with Crippen LogP contribution in [-0.2, 0) is 0 Å². The number of carbonyl (C=O) groups is 1. The molecule has 2 saturated carbocycles. The summed E-state index contributed by atoms with van der Waals surface area (Å²) in [5.74, 6) is 0.449. The molecule has 1 amide bonds. The summed E-state index contributed by atoms with van der Waals surface area (Å²) in [5, 5.41) is 21.9. The average Bonchev–Trinajstić information content (AvgIpc) is 3.50. The number of carbonyl (C=O) groups excluding carboxylic acids is 1. The molecule has 1 heterocycles. The van der Waals surface area contributed by atoms with E-state index in [1.807, 2.05) is 12.1 Å². The van der Waals surface area contributed by atoms with Gasteiger partial charge in [-0.1, -0.05) is 11.6 Å². The number of benzene rings is 1. The molecule has 2 fully saturated rings. The van der Waals surface area contributed by atoms with Gasteiger partial charge in [-0.15, -0.1) is 0 Å². The minimum Gasteiger partial charge on any atom is -0.365 e. The number of rotatable bonds is 7. The first-order valence-electron chi connectivity index (χ1n) is 10.5. The molecule has 2 aliphatic carbocycles. The van der Waals surface area contributed by atoms with Crippen LogP contribution in [0.1, 0.15) is 55.4 Å². The average molecular weight is 427 g/mol. The second-order valence-electron chi connectivity index (χ2n) is 8.47. The van der Waals surface area contributed by atoms with Crippen molar-refractivity contribution in [1.29, 1.82) is 5.26 Å². The summed E-state index contributed by atoms with van der Waals surface area (Å²) in [5.41, 5.74) is 6.65. The van der Waals surface area contributed by atoms with Gasteiger partial charge in [-0.3, -0.25) is 9.48 Å². The van der Waals surface area contributed by atoms with Crippen LogP contribution < -0.4 is 16.4 Å². The Balaban J connectivity index is 1.50. The molecule has 2 aromatic rings. The molecule has 8 heteroatoms. The molecule has 1 aromatic carbocycles. The minimum atomic E-state index is -0.556. The van der Waals surface area contributed by atoms with Crippen molar-refractivity contribution in [2.45, 2.75) is 57.2 Å². The number of amides is 1. The first-order valence-corrected chi connectivity index (χ1v) is 10.9. The van der Waals surface area contributed by atoms with Crippen LogP contribution in [0, 0.1) is 23.2 Å². The topological polar surface area (TPSA) is 109 Å². The zero-order chi connectivity index (χ0) is 21.3. The molecule has 30 heavy (non-hydrogen) atoms. The molecular weight excluding hydrogens is 400 g/mol. The highest BCUT2D eigenvalue weighted by atomic mass is 35.5. The van der Waals surface area contributed by atoms with Crippen LogP contribution in [0.5, 0.6) is 0 Å². The van der Waals surface area contributed by atoms with Crippen LogP contribution in [0.3, 0.4) is 0 Å². The highest BCUT2D eigenvalue weighted by Crippen LogP contribution is 2.37. The zero-order valence-electron chi connectivity index (χ0n) is 17.0. The SMILES string of the molecule is C[C@H](N[C@H]1CC[C@H](n2cc(C(N)=O)c(Nc3ccc(Cl)cc3)n2)[C@@H](C#N)C1)C1CC1. The van der Waals surface area contributed by atoms with Gasteiger partial charge >= 0.3 is 0 Å². The Labute approximate surface area is 181 Å². The molecule has 0 unspecified atom stereocenters. The van der Waals surface area contributed by atoms with E-state index in [1.54, 1.807) is 23.0 Å². The molecule has 0 aliphatic heterocycles. The van der Waals surface area contributed by atoms with Gasteiger partial charge in [-0.25, -0.2) is 0 Å². The van der Waals surface area contributed by atoms with Crippen LogP contribution in [0.15, 0.2) is 30.5 Å². The maximum Gasteiger partial charge on any atom is 0.254 e. The molecule has 2 aliphatic rings. The summed E-state index contributed by atoms with van der Waals surface area (Å²) in [6.07, 6.45) is 6.86. The van der Waals surface area contributed by atoms with Crippen molar-refractivity contribution in [3.05, 3.63) is 41.0 Å². The number of nitrogens with one attached hydrogen (secondary N) is 2. The predicted octanol–water partition coefficient (Wildman–Crippen LogP) is 4.00. The number of anilines is 2. The second-order valence-corrected chi connectivity index (χ2v) is 8.91. The molecule has 0 saturated heterocycles. The molecule has 1 aromatic heterocycles. The maximum atomic E-state index is 12.0. The molecule has 158 valence electrons. The van der Waals surface area contributed by atoms with Crippen molar-refractivity contribution >= 4 is 29.0 Å². The third-order valence-electron chi connectivity index (χ3n) is 6.25. The van der Waals surface area contributed by atoms with Gasteiger partial charge in [0.25, 0.3) is 5.91 Å². The Morgan fingerprint density at radius 1 is 1.30 bits per heavy atom. The minimum absolute atomic E-state index is 0.0804. The summed E-state index contributed by atoms with van der Waals surface area (Å²) in [6.45, 7) is 2.24. The van der Waals surface area contributed by atoms with Crippen LogP contribution in [0.25, 0.3) is 0 Å². The Bertz CT molecular complexity index is 946. The Morgan fingerprint density at radius 3 is 2.67 bits per heavy atom. The largest absolute Gasteiger partial charge is 0.365 e. The fraction of sp³-hybridized carbons (Fsp3) is 0.500. The number of halogens is 1. The maximum absolute atomic E-state index is 12.0. The Morgan fingerprint density at radius 2 is 2.03 bits per heavy atom. The highest BCUT2D eigenvalue weighted by Gasteiger charge is 2.36. The fourth-order valence-electron chi connectivity index (χ4n) is 4.37. The number of primary amides is 1. The van der Waals surface area contributed by atoms with Gasteiger partial charge in [0, 0.05) is 29.0 Å². The van der Waals surface area contributed by atoms with E-state index in [0.717, 1.165) is 30.9 Å². The number of nitriles is 1. The number of nitrogens with two attached hydrogens (primary N) is 1. The lowest BCUT2D eigenvalue weighted by molar-refractivity contribution is 0.100. The van der Waals surface area contributed by atoms with Crippen molar-refractivity contribution in [3.8, 4) is 6.07 Å². The standard InChI is InChI=1S/C22H27ClN6O/c1-13(14-2-3-14)26-18-8-9-20(15(10-18)11-24)29-12-19(21(25)30)22(28-29)27-17-6-4-16(23)5-7-17/h4-7,12-15,18,20,26H,2-3,8-10H2,1H3,(H2,25,30)(H,27,28)/t13-,15+,18-,20-/m0/s1. The van der Waals surface area contributed by atoms with Crippen LogP contribution in [0.2, 0.25) is 5.02 Å². The first kappa shape index (κ1) is 20.7. The van der Waals surface area contributed by atoms with E-state index < -0.39 is 5.91 Å². The van der Waals surface area contributed by atoms with Crippen LogP contribution >= 0.6 is 11.6 Å². The van der Waals surface area contributed by atoms with E-state index >= 15 is 0 Å². The van der Waals surface area contributed by atoms with Gasteiger partial charge in [0.2, 0.25) is 0 Å². The molecule has 7 nitrogen and oxygen atoms in total. The molecule has 4 N–H and O–H groups in total. The third kappa shape index (κ3) is 4.61. The summed E-state index contributed by atoms with van der Waals surface area (Å²) < 4.78 is 1.74. The lowest BCUT2D eigenvalue weighted by Crippen LogP contribution is -2.43. The lowest BCUT2D eigenvalue weighted by Gasteiger charge is -2.34. The summed E-state index contributed by atoms with van der Waals surface area (Å²) in [4.78, 5) is 12.0. The second kappa shape index (κ2) is 8.66. The van der Waals surface area contributed by atoms with Crippen molar-refractivity contribution in [2.75, 3.05) is 5.32 Å². The molecule has 0 radical (unpaired) electrons. The van der Waals surface area contributed by atoms with Crippen molar-refractivity contribution in [3.63, 3.8) is 0 Å². The number of hydrogen-bond donors (Lipinski definition) is 3. The molecule has 4 atom stereocenters. The fourth-order valence-corrected chi connectivity index (χ4v) is 4.50. The molecular formula is C22H27ClN6O. The van der Waals surface area contributed by atoms with Crippen molar-refractivity contribution in [1.82, 2.24) is 15.1 Å². The van der Waals surface area contributed by atoms with Gasteiger partial charge in [-0.2, -0.15) is 10.4 Å². The summed E-state index contributed by atoms with van der Waals surface area (Å²) >= 11 is 5.94. The third-order valence-corrected chi connectivity index (χ3v) is 6.50. The monoisotopic (exact) mass is 426 g/mol. The van der Waals surface area contributed by atoms with E-state index in [4.69, 9.17) is 17.3 Å². The highest BCUT2D eigenvalue weighted by molar-refractivity contribution is 6.30. The van der Waals surface area contributed by atoms with Crippen LogP contribution in [-0.4, -0.2) is 27.8 Å². The molecule has 0 spiro atoms. The van der Waals surface area contributed by atoms with E-state index in [-0.39, 0.29) is 12.0 Å². The Kier molecular flexibility index (Phi) is 5.98. The van der Waals surface area contributed by atoms with Crippen LogP contribution in [0.4, 0.5) is 11.5 Å². The number of hydrogen-bond acceptors (Lipinski definition) is 5. The van der Waals surface area contributed by atoms with Crippen molar-refractivity contribution in [2.24, 2.45) is 17.6 Å². The van der Waals surface area contributed by atoms with Gasteiger partial charge < -0.3 is 16.4 Å². The number of nitrogens with zero attached hydrogens (tertiary/aromatic N) is 3. The molecule has 4 rings (SSSR count). The Hall–Kier alpha value is -2.56. The number of aromatic nitrogens is 2. The lowest BCUT2D eigenvalue weighted by atomic mass is 9.82. The normalized spacial score (nSPS) is 24.8. The van der Waals surface area contributed by atoms with Crippen molar-refractivity contribution < 1.29 is 4.79 Å². The summed E-state index contributed by atoms with van der Waals surface area (Å²) in [6, 6.07) is 10.4. The van der Waals surface area contributed by atoms with Gasteiger partial charge in [0.05, 0.1) is 18.0 Å². The van der Waals surface area contributed by atoms with Gasteiger partial charge in [-0.05, 0) is 69.2 Å². The van der Waals surface area contributed by atoms with E-state index in [1.165, 1.54) is 12.8 Å². The smallest absolute Gasteiger partial charge is 0.254 e. The van der Waals surface area contributed by atoms with E-state index in [2.05, 4.69) is 28.7 Å². The zero-order valence-corrected chi connectivity index (χ0v) is 17.8. The van der Waals surface area contributed by atoms with E-state index in [0.29, 0.717) is 28.5 Å². The van der Waals surface area contributed by atoms with Gasteiger partial charge in [0.1, 0.15) is 5.56 Å². The predicted molar refractivity (Wildman–Crippen MR) is 117 cm³/mol.